The first-order valence-corrected chi connectivity index (χ1v) is 3.92. The molecule has 0 spiro atoms. The first-order valence-electron chi connectivity index (χ1n) is 3.92. The third kappa shape index (κ3) is 2.05. The lowest BCUT2D eigenvalue weighted by molar-refractivity contribution is 0.0520. The fraction of sp³-hybridized carbons (Fsp3) is 0.333. The number of hydrogen-bond donors (Lipinski definition) is 0. The Bertz CT molecular complexity index is 236. The maximum atomic E-state index is 9.88. The molecule has 12 heavy (non-hydrogen) atoms. The van der Waals surface area contributed by atoms with Crippen LogP contribution in [0.25, 0.3) is 0 Å². The van der Waals surface area contributed by atoms with Gasteiger partial charge < -0.3 is 4.84 Å². The van der Waals surface area contributed by atoms with Gasteiger partial charge in [-0.3, -0.25) is 0 Å². The lowest BCUT2D eigenvalue weighted by Crippen LogP contribution is -1.97. The quantitative estimate of drug-likeness (QED) is 0.508. The molecule has 3 heteroatoms. The standard InChI is InChI=1S/C9H11NO2/c1-2-9(12-10-11)8-6-4-3-5-7-8/h3-7,9H,2H2,1H3. The van der Waals surface area contributed by atoms with Gasteiger partial charge in [-0.15, -0.1) is 4.91 Å². The molecule has 0 aliphatic heterocycles. The molecule has 64 valence electrons. The minimum absolute atomic E-state index is 0.205. The first kappa shape index (κ1) is 8.71. The van der Waals surface area contributed by atoms with E-state index in [1.54, 1.807) is 0 Å². The second-order valence-corrected chi connectivity index (χ2v) is 2.49. The molecule has 0 fully saturated rings. The van der Waals surface area contributed by atoms with E-state index in [4.69, 9.17) is 0 Å². The summed E-state index contributed by atoms with van der Waals surface area (Å²) in [5.74, 6) is 0. The number of hydrogen-bond acceptors (Lipinski definition) is 3. The Kier molecular flexibility index (Phi) is 3.26. The normalized spacial score (nSPS) is 12.1. The van der Waals surface area contributed by atoms with Crippen molar-refractivity contribution in [2.75, 3.05) is 0 Å². The molecule has 0 N–H and O–H groups in total. The van der Waals surface area contributed by atoms with Crippen molar-refractivity contribution in [3.63, 3.8) is 0 Å². The second-order valence-electron chi connectivity index (χ2n) is 2.49. The molecule has 1 aromatic carbocycles. The maximum Gasteiger partial charge on any atom is 0.155 e. The van der Waals surface area contributed by atoms with Crippen LogP contribution in [0.5, 0.6) is 0 Å². The monoisotopic (exact) mass is 165 g/mol. The lowest BCUT2D eigenvalue weighted by atomic mass is 10.1. The largest absolute Gasteiger partial charge is 0.356 e. The van der Waals surface area contributed by atoms with Gasteiger partial charge in [-0.1, -0.05) is 37.3 Å². The topological polar surface area (TPSA) is 38.7 Å². The first-order chi connectivity index (χ1) is 5.88. The summed E-state index contributed by atoms with van der Waals surface area (Å²) in [6.45, 7) is 1.95. The molecule has 0 saturated carbocycles. The average Bonchev–Trinajstić information content (AvgIpc) is 2.15. The van der Waals surface area contributed by atoms with Crippen molar-refractivity contribution in [2.45, 2.75) is 19.4 Å². The molecule has 0 aliphatic carbocycles. The van der Waals surface area contributed by atoms with Crippen molar-refractivity contribution in [3.05, 3.63) is 40.8 Å². The predicted molar refractivity (Wildman–Crippen MR) is 46.4 cm³/mol. The van der Waals surface area contributed by atoms with E-state index in [0.717, 1.165) is 12.0 Å². The van der Waals surface area contributed by atoms with E-state index in [-0.39, 0.29) is 6.10 Å². The van der Waals surface area contributed by atoms with E-state index < -0.39 is 0 Å². The fourth-order valence-corrected chi connectivity index (χ4v) is 1.09. The van der Waals surface area contributed by atoms with E-state index in [9.17, 15) is 4.91 Å². The van der Waals surface area contributed by atoms with Gasteiger partial charge in [-0.05, 0) is 12.0 Å². The highest BCUT2D eigenvalue weighted by Gasteiger charge is 2.09. The Hall–Kier alpha value is -1.38. The van der Waals surface area contributed by atoms with Crippen molar-refractivity contribution >= 4 is 0 Å². The van der Waals surface area contributed by atoms with Crippen LogP contribution in [0.4, 0.5) is 0 Å². The summed E-state index contributed by atoms with van der Waals surface area (Å²) >= 11 is 0. The van der Waals surface area contributed by atoms with Gasteiger partial charge in [0.25, 0.3) is 0 Å². The van der Waals surface area contributed by atoms with Crippen LogP contribution in [0.3, 0.4) is 0 Å². The van der Waals surface area contributed by atoms with Gasteiger partial charge in [0.1, 0.15) is 0 Å². The van der Waals surface area contributed by atoms with Crippen molar-refractivity contribution in [2.24, 2.45) is 5.34 Å². The SMILES string of the molecule is CCC(ON=O)c1ccccc1. The zero-order valence-corrected chi connectivity index (χ0v) is 6.93. The van der Waals surface area contributed by atoms with Crippen molar-refractivity contribution < 1.29 is 4.84 Å². The van der Waals surface area contributed by atoms with Gasteiger partial charge in [0.15, 0.2) is 11.4 Å². The van der Waals surface area contributed by atoms with E-state index in [1.807, 2.05) is 37.3 Å². The Morgan fingerprint density at radius 3 is 2.58 bits per heavy atom. The molecule has 1 rings (SSSR count). The van der Waals surface area contributed by atoms with E-state index in [0.29, 0.717) is 0 Å². The summed E-state index contributed by atoms with van der Waals surface area (Å²) in [5.41, 5.74) is 0.986. The zero-order chi connectivity index (χ0) is 8.81. The van der Waals surface area contributed by atoms with Crippen LogP contribution in [0.15, 0.2) is 35.7 Å². The minimum atomic E-state index is -0.205. The molecule has 3 nitrogen and oxygen atoms in total. The Balaban J connectivity index is 2.72. The summed E-state index contributed by atoms with van der Waals surface area (Å²) in [6.07, 6.45) is 0.541. The summed E-state index contributed by atoms with van der Waals surface area (Å²) < 4.78 is 0. The molecule has 0 bridgehead atoms. The van der Waals surface area contributed by atoms with Crippen molar-refractivity contribution in [1.82, 2.24) is 0 Å². The van der Waals surface area contributed by atoms with Crippen LogP contribution >= 0.6 is 0 Å². The van der Waals surface area contributed by atoms with Gasteiger partial charge >= 0.3 is 0 Å². The summed E-state index contributed by atoms with van der Waals surface area (Å²) in [4.78, 5) is 14.5. The molecule has 0 radical (unpaired) electrons. The van der Waals surface area contributed by atoms with Crippen LogP contribution in [-0.2, 0) is 4.84 Å². The van der Waals surface area contributed by atoms with Gasteiger partial charge in [-0.2, -0.15) is 0 Å². The summed E-state index contributed by atoms with van der Waals surface area (Å²) in [5, 5.41) is 2.43. The van der Waals surface area contributed by atoms with Gasteiger partial charge in [-0.25, -0.2) is 0 Å². The molecule has 0 saturated heterocycles. The zero-order valence-electron chi connectivity index (χ0n) is 6.93. The number of rotatable bonds is 4. The van der Waals surface area contributed by atoms with Crippen molar-refractivity contribution in [1.29, 1.82) is 0 Å². The molecule has 0 amide bonds. The third-order valence-corrected chi connectivity index (χ3v) is 1.71. The molecule has 1 unspecified atom stereocenters. The van der Waals surface area contributed by atoms with Crippen molar-refractivity contribution in [3.8, 4) is 0 Å². The van der Waals surface area contributed by atoms with Crippen LogP contribution in [0.1, 0.15) is 25.0 Å². The molecular formula is C9H11NO2. The minimum Gasteiger partial charge on any atom is -0.356 e. The smallest absolute Gasteiger partial charge is 0.155 e. The number of nitrogens with zero attached hydrogens (tertiary/aromatic N) is 1. The van der Waals surface area contributed by atoms with Gasteiger partial charge in [0, 0.05) is 0 Å². The Morgan fingerprint density at radius 2 is 2.08 bits per heavy atom. The van der Waals surface area contributed by atoms with Crippen LogP contribution < -0.4 is 0 Å². The molecular weight excluding hydrogens is 154 g/mol. The Labute approximate surface area is 71.3 Å². The van der Waals surface area contributed by atoms with Gasteiger partial charge in [0.2, 0.25) is 0 Å². The fourth-order valence-electron chi connectivity index (χ4n) is 1.09. The molecule has 0 aromatic heterocycles. The average molecular weight is 165 g/mol. The van der Waals surface area contributed by atoms with E-state index >= 15 is 0 Å². The van der Waals surface area contributed by atoms with Crippen LogP contribution in [-0.4, -0.2) is 0 Å². The van der Waals surface area contributed by atoms with E-state index in [1.165, 1.54) is 0 Å². The lowest BCUT2D eigenvalue weighted by Gasteiger charge is -2.09. The highest BCUT2D eigenvalue weighted by atomic mass is 16.7. The highest BCUT2D eigenvalue weighted by molar-refractivity contribution is 5.17. The molecule has 1 atom stereocenters. The van der Waals surface area contributed by atoms with Gasteiger partial charge in [0.05, 0.1) is 0 Å². The molecule has 1 aromatic rings. The Morgan fingerprint density at radius 1 is 1.42 bits per heavy atom. The predicted octanol–water partition coefficient (Wildman–Crippen LogP) is 2.84. The highest BCUT2D eigenvalue weighted by Crippen LogP contribution is 2.20. The summed E-state index contributed by atoms with van der Waals surface area (Å²) in [6, 6.07) is 9.57. The third-order valence-electron chi connectivity index (χ3n) is 1.71. The van der Waals surface area contributed by atoms with E-state index in [2.05, 4.69) is 10.2 Å². The number of benzene rings is 1. The van der Waals surface area contributed by atoms with Crippen LogP contribution in [0.2, 0.25) is 0 Å². The molecule has 0 aliphatic rings. The second kappa shape index (κ2) is 4.49. The van der Waals surface area contributed by atoms with Crippen LogP contribution in [0, 0.1) is 4.91 Å². The summed E-state index contributed by atoms with van der Waals surface area (Å²) in [7, 11) is 0. The maximum absolute atomic E-state index is 9.88. The molecule has 0 heterocycles.